The van der Waals surface area contributed by atoms with E-state index in [9.17, 15) is 4.79 Å². The highest BCUT2D eigenvalue weighted by molar-refractivity contribution is 5.66. The van der Waals surface area contributed by atoms with Crippen LogP contribution in [0.1, 0.15) is 19.3 Å². The summed E-state index contributed by atoms with van der Waals surface area (Å²) in [6.45, 7) is 5.78. The van der Waals surface area contributed by atoms with Gasteiger partial charge in [-0.15, -0.1) is 0 Å². The maximum Gasteiger partial charge on any atom is 0.303 e. The van der Waals surface area contributed by atoms with Gasteiger partial charge in [-0.05, 0) is 19.9 Å². The predicted octanol–water partition coefficient (Wildman–Crippen LogP) is 1.60. The Morgan fingerprint density at radius 1 is 1.11 bits per heavy atom. The number of carbonyl (C=O) groups is 1. The summed E-state index contributed by atoms with van der Waals surface area (Å²) in [5.74, 6) is -0.737. The molecule has 0 radical (unpaired) electrons. The highest BCUT2D eigenvalue weighted by Crippen LogP contribution is 2.00. The van der Waals surface area contributed by atoms with Crippen LogP contribution >= 0.6 is 0 Å². The quantitative estimate of drug-likeness (QED) is 0.699. The van der Waals surface area contributed by atoms with E-state index in [1.807, 2.05) is 18.2 Å². The second kappa shape index (κ2) is 8.89. The van der Waals surface area contributed by atoms with Gasteiger partial charge in [0, 0.05) is 39.1 Å². The summed E-state index contributed by atoms with van der Waals surface area (Å²) < 4.78 is 0. The van der Waals surface area contributed by atoms with Crippen molar-refractivity contribution in [2.45, 2.75) is 19.3 Å². The number of carboxylic acids is 1. The molecule has 0 aromatic heterocycles. The SMILES string of the molecule is CN1CCN(CC/C=C\C=C/CCC(=O)O)CC1. The molecule has 18 heavy (non-hydrogen) atoms. The zero-order valence-corrected chi connectivity index (χ0v) is 11.2. The lowest BCUT2D eigenvalue weighted by molar-refractivity contribution is -0.136. The third-order valence-corrected chi connectivity index (χ3v) is 3.12. The van der Waals surface area contributed by atoms with Crippen LogP contribution in [0.3, 0.4) is 0 Å². The van der Waals surface area contributed by atoms with Gasteiger partial charge in [0.05, 0.1) is 0 Å². The zero-order chi connectivity index (χ0) is 13.2. The number of piperazine rings is 1. The molecular weight excluding hydrogens is 228 g/mol. The molecule has 0 atom stereocenters. The molecule has 0 unspecified atom stereocenters. The maximum atomic E-state index is 10.3. The maximum absolute atomic E-state index is 10.3. The van der Waals surface area contributed by atoms with Gasteiger partial charge in [-0.2, -0.15) is 0 Å². The van der Waals surface area contributed by atoms with Gasteiger partial charge in [0.15, 0.2) is 0 Å². The second-order valence-electron chi connectivity index (χ2n) is 4.72. The summed E-state index contributed by atoms with van der Waals surface area (Å²) in [6, 6.07) is 0. The molecule has 4 nitrogen and oxygen atoms in total. The monoisotopic (exact) mass is 252 g/mol. The standard InChI is InChI=1S/C14H24N2O2/c1-15-10-12-16(13-11-15)9-7-5-3-2-4-6-8-14(17)18/h2-5H,6-13H2,1H3,(H,17,18)/b4-2-,5-3-. The van der Waals surface area contributed by atoms with Gasteiger partial charge < -0.3 is 14.9 Å². The molecule has 1 aliphatic rings. The average molecular weight is 252 g/mol. The minimum atomic E-state index is -0.737. The Bertz CT molecular complexity index is 292. The van der Waals surface area contributed by atoms with Crippen LogP contribution in [0.25, 0.3) is 0 Å². The molecule has 1 heterocycles. The van der Waals surface area contributed by atoms with Crippen LogP contribution in [0, 0.1) is 0 Å². The molecule has 0 amide bonds. The molecule has 0 saturated carbocycles. The van der Waals surface area contributed by atoms with Crippen molar-refractivity contribution < 1.29 is 9.90 Å². The molecular formula is C14H24N2O2. The first-order valence-corrected chi connectivity index (χ1v) is 6.63. The highest BCUT2D eigenvalue weighted by Gasteiger charge is 2.11. The molecule has 0 bridgehead atoms. The largest absolute Gasteiger partial charge is 0.481 e. The van der Waals surface area contributed by atoms with Crippen LogP contribution in [-0.2, 0) is 4.79 Å². The van der Waals surface area contributed by atoms with Crippen molar-refractivity contribution >= 4 is 5.97 Å². The molecule has 1 aliphatic heterocycles. The molecule has 1 rings (SSSR count). The van der Waals surface area contributed by atoms with Crippen LogP contribution < -0.4 is 0 Å². The minimum Gasteiger partial charge on any atom is -0.481 e. The van der Waals surface area contributed by atoms with Crippen molar-refractivity contribution in [2.24, 2.45) is 0 Å². The molecule has 1 fully saturated rings. The molecule has 0 aromatic rings. The number of aliphatic carboxylic acids is 1. The Morgan fingerprint density at radius 2 is 1.72 bits per heavy atom. The van der Waals surface area contributed by atoms with Crippen LogP contribution in [0.15, 0.2) is 24.3 Å². The summed E-state index contributed by atoms with van der Waals surface area (Å²) in [7, 11) is 2.17. The molecule has 0 aliphatic carbocycles. The lowest BCUT2D eigenvalue weighted by Gasteiger charge is -2.31. The number of likely N-dealkylation sites (N-methyl/N-ethyl adjacent to an activating group) is 1. The average Bonchev–Trinajstić information content (AvgIpc) is 2.34. The fraction of sp³-hybridized carbons (Fsp3) is 0.643. The van der Waals surface area contributed by atoms with E-state index in [1.54, 1.807) is 0 Å². The van der Waals surface area contributed by atoms with Gasteiger partial charge in [-0.1, -0.05) is 24.3 Å². The Balaban J connectivity index is 2.01. The summed E-state index contributed by atoms with van der Waals surface area (Å²) >= 11 is 0. The van der Waals surface area contributed by atoms with E-state index in [4.69, 9.17) is 5.11 Å². The fourth-order valence-electron chi connectivity index (χ4n) is 1.88. The van der Waals surface area contributed by atoms with E-state index in [0.717, 1.165) is 13.0 Å². The van der Waals surface area contributed by atoms with Crippen molar-refractivity contribution in [1.82, 2.24) is 9.80 Å². The predicted molar refractivity (Wildman–Crippen MR) is 73.7 cm³/mol. The van der Waals surface area contributed by atoms with Crippen molar-refractivity contribution in [1.29, 1.82) is 0 Å². The van der Waals surface area contributed by atoms with Gasteiger partial charge in [0.1, 0.15) is 0 Å². The topological polar surface area (TPSA) is 43.8 Å². The summed E-state index contributed by atoms with van der Waals surface area (Å²) in [5, 5.41) is 8.46. The van der Waals surface area contributed by atoms with Crippen LogP contribution in [-0.4, -0.2) is 60.6 Å². The zero-order valence-electron chi connectivity index (χ0n) is 11.2. The van der Waals surface area contributed by atoms with Gasteiger partial charge >= 0.3 is 5.97 Å². The fourth-order valence-corrected chi connectivity index (χ4v) is 1.88. The van der Waals surface area contributed by atoms with Gasteiger partial charge in [0.2, 0.25) is 0 Å². The highest BCUT2D eigenvalue weighted by atomic mass is 16.4. The van der Waals surface area contributed by atoms with Crippen molar-refractivity contribution in [3.05, 3.63) is 24.3 Å². The van der Waals surface area contributed by atoms with Crippen LogP contribution in [0.5, 0.6) is 0 Å². The lowest BCUT2D eigenvalue weighted by atomic mass is 10.2. The van der Waals surface area contributed by atoms with Gasteiger partial charge in [0.25, 0.3) is 0 Å². The first kappa shape index (κ1) is 14.9. The van der Waals surface area contributed by atoms with Crippen molar-refractivity contribution in [3.8, 4) is 0 Å². The molecule has 0 aromatic carbocycles. The van der Waals surface area contributed by atoms with E-state index in [0.29, 0.717) is 6.42 Å². The first-order chi connectivity index (χ1) is 8.68. The van der Waals surface area contributed by atoms with E-state index < -0.39 is 5.97 Å². The van der Waals surface area contributed by atoms with Crippen LogP contribution in [0.4, 0.5) is 0 Å². The normalized spacial score (nSPS) is 18.9. The third-order valence-electron chi connectivity index (χ3n) is 3.12. The number of allylic oxidation sites excluding steroid dienone is 3. The van der Waals surface area contributed by atoms with E-state index in [2.05, 4.69) is 22.9 Å². The van der Waals surface area contributed by atoms with Crippen molar-refractivity contribution in [3.63, 3.8) is 0 Å². The Kier molecular flexibility index (Phi) is 7.37. The molecule has 4 heteroatoms. The Labute approximate surface area is 110 Å². The Morgan fingerprint density at radius 3 is 2.33 bits per heavy atom. The molecule has 1 saturated heterocycles. The lowest BCUT2D eigenvalue weighted by Crippen LogP contribution is -2.44. The second-order valence-corrected chi connectivity index (χ2v) is 4.72. The first-order valence-electron chi connectivity index (χ1n) is 6.63. The van der Waals surface area contributed by atoms with Crippen LogP contribution in [0.2, 0.25) is 0 Å². The van der Waals surface area contributed by atoms with E-state index in [-0.39, 0.29) is 6.42 Å². The summed E-state index contributed by atoms with van der Waals surface area (Å²) in [4.78, 5) is 15.1. The van der Waals surface area contributed by atoms with Crippen molar-refractivity contribution in [2.75, 3.05) is 39.8 Å². The summed E-state index contributed by atoms with van der Waals surface area (Å²) in [5.41, 5.74) is 0. The molecule has 102 valence electrons. The smallest absolute Gasteiger partial charge is 0.303 e. The molecule has 1 N–H and O–H groups in total. The number of hydrogen-bond acceptors (Lipinski definition) is 3. The Hall–Kier alpha value is -1.13. The minimum absolute atomic E-state index is 0.214. The van der Waals surface area contributed by atoms with Gasteiger partial charge in [-0.25, -0.2) is 0 Å². The number of nitrogens with zero attached hydrogens (tertiary/aromatic N) is 2. The van der Waals surface area contributed by atoms with Gasteiger partial charge in [-0.3, -0.25) is 4.79 Å². The number of rotatable bonds is 7. The number of hydrogen-bond donors (Lipinski definition) is 1. The third kappa shape index (κ3) is 7.25. The van der Waals surface area contributed by atoms with E-state index >= 15 is 0 Å². The number of carboxylic acid groups (broad SMARTS) is 1. The summed E-state index contributed by atoms with van der Waals surface area (Å²) in [6.07, 6.45) is 9.89. The molecule has 0 spiro atoms. The van der Waals surface area contributed by atoms with E-state index in [1.165, 1.54) is 26.2 Å².